The number of carbonyl (C=O) groups excluding carboxylic acids is 1. The fourth-order valence-electron chi connectivity index (χ4n) is 0.411. The lowest BCUT2D eigenvalue weighted by Gasteiger charge is -1.97. The number of rotatable bonds is 0. The van der Waals surface area contributed by atoms with Crippen molar-refractivity contribution in [3.63, 3.8) is 0 Å². The van der Waals surface area contributed by atoms with E-state index < -0.39 is 12.3 Å². The van der Waals surface area contributed by atoms with Gasteiger partial charge in [0.1, 0.15) is 10.1 Å². The topological polar surface area (TPSA) is 46.5 Å². The van der Waals surface area contributed by atoms with Gasteiger partial charge in [0.15, 0.2) is 0 Å². The Morgan fingerprint density at radius 2 is 2.11 bits per heavy atom. The molecule has 0 bridgehead atoms. The number of halogens is 2. The van der Waals surface area contributed by atoms with Crippen molar-refractivity contribution in [2.75, 3.05) is 0 Å². The zero-order chi connectivity index (χ0) is 7.02. The minimum Gasteiger partial charge on any atom is -0.426 e. The lowest BCUT2D eigenvalue weighted by molar-refractivity contribution is -0.150. The SMILES string of the molecule is O=C1O[C@@H](O)C(Cl)=C1Cl. The molecule has 1 aliphatic heterocycles. The molecule has 0 aromatic heterocycles. The summed E-state index contributed by atoms with van der Waals surface area (Å²) in [5.41, 5.74) is 0. The van der Waals surface area contributed by atoms with Crippen molar-refractivity contribution in [2.45, 2.75) is 6.29 Å². The molecule has 3 nitrogen and oxygen atoms in total. The van der Waals surface area contributed by atoms with Crippen LogP contribution in [0.15, 0.2) is 10.1 Å². The van der Waals surface area contributed by atoms with E-state index in [1.54, 1.807) is 0 Å². The lowest BCUT2D eigenvalue weighted by atomic mass is 10.5. The summed E-state index contributed by atoms with van der Waals surface area (Å²) in [6, 6.07) is 0. The first-order valence-corrected chi connectivity index (χ1v) is 2.82. The number of aliphatic hydroxyl groups excluding tert-OH is 1. The van der Waals surface area contributed by atoms with Gasteiger partial charge >= 0.3 is 5.97 Å². The second-order valence-corrected chi connectivity index (χ2v) is 2.20. The van der Waals surface area contributed by atoms with Gasteiger partial charge in [-0.05, 0) is 0 Å². The minimum absolute atomic E-state index is 0.151. The molecule has 9 heavy (non-hydrogen) atoms. The molecular formula is C4H2Cl2O3. The van der Waals surface area contributed by atoms with Gasteiger partial charge in [0, 0.05) is 0 Å². The molecule has 0 radical (unpaired) electrons. The van der Waals surface area contributed by atoms with Crippen LogP contribution in [0.4, 0.5) is 0 Å². The van der Waals surface area contributed by atoms with Gasteiger partial charge < -0.3 is 9.84 Å². The summed E-state index contributed by atoms with van der Waals surface area (Å²) in [6.45, 7) is 0. The number of ether oxygens (including phenoxy) is 1. The summed E-state index contributed by atoms with van der Waals surface area (Å²) in [4.78, 5) is 10.3. The van der Waals surface area contributed by atoms with E-state index in [1.165, 1.54) is 0 Å². The predicted octanol–water partition coefficient (Wildman–Crippen LogP) is 0.551. The molecule has 0 spiro atoms. The smallest absolute Gasteiger partial charge is 0.353 e. The molecule has 0 amide bonds. The van der Waals surface area contributed by atoms with E-state index in [9.17, 15) is 4.79 Å². The molecule has 50 valence electrons. The molecule has 0 unspecified atom stereocenters. The van der Waals surface area contributed by atoms with Gasteiger partial charge in [0.25, 0.3) is 0 Å². The number of carbonyl (C=O) groups is 1. The zero-order valence-electron chi connectivity index (χ0n) is 4.10. The molecule has 1 N–H and O–H groups in total. The Morgan fingerprint density at radius 3 is 2.22 bits per heavy atom. The van der Waals surface area contributed by atoms with Gasteiger partial charge in [-0.3, -0.25) is 0 Å². The summed E-state index contributed by atoms with van der Waals surface area (Å²) < 4.78 is 4.16. The van der Waals surface area contributed by atoms with Crippen molar-refractivity contribution in [3.8, 4) is 0 Å². The number of esters is 1. The average Bonchev–Trinajstić information content (AvgIpc) is 1.98. The third kappa shape index (κ3) is 1.03. The van der Waals surface area contributed by atoms with E-state index in [0.29, 0.717) is 0 Å². The lowest BCUT2D eigenvalue weighted by Crippen LogP contribution is -2.07. The summed E-state index contributed by atoms with van der Waals surface area (Å²) >= 11 is 10.5. The van der Waals surface area contributed by atoms with E-state index in [4.69, 9.17) is 28.3 Å². The molecule has 0 saturated heterocycles. The van der Waals surface area contributed by atoms with E-state index in [0.717, 1.165) is 0 Å². The van der Waals surface area contributed by atoms with Gasteiger partial charge in [-0.25, -0.2) is 4.79 Å². The van der Waals surface area contributed by atoms with E-state index in [1.807, 2.05) is 0 Å². The summed E-state index contributed by atoms with van der Waals surface area (Å²) in [5, 5.41) is 8.22. The molecule has 0 saturated carbocycles. The minimum atomic E-state index is -1.37. The maximum Gasteiger partial charge on any atom is 0.353 e. The molecule has 1 atom stereocenters. The Morgan fingerprint density at radius 1 is 1.56 bits per heavy atom. The van der Waals surface area contributed by atoms with Crippen molar-refractivity contribution >= 4 is 29.2 Å². The fraction of sp³-hybridized carbons (Fsp3) is 0.250. The summed E-state index contributed by atoms with van der Waals surface area (Å²) in [7, 11) is 0. The second kappa shape index (κ2) is 2.17. The number of aliphatic hydroxyl groups is 1. The molecule has 0 aliphatic carbocycles. The van der Waals surface area contributed by atoms with Crippen molar-refractivity contribution in [1.82, 2.24) is 0 Å². The zero-order valence-corrected chi connectivity index (χ0v) is 5.61. The van der Waals surface area contributed by atoms with Crippen LogP contribution in [0.2, 0.25) is 0 Å². The third-order valence-corrected chi connectivity index (χ3v) is 1.65. The quantitative estimate of drug-likeness (QED) is 0.538. The maximum atomic E-state index is 10.3. The first kappa shape index (κ1) is 6.86. The Labute approximate surface area is 60.8 Å². The van der Waals surface area contributed by atoms with Gasteiger partial charge in [0.2, 0.25) is 6.29 Å². The molecule has 1 aliphatic rings. The predicted molar refractivity (Wildman–Crippen MR) is 30.8 cm³/mol. The van der Waals surface area contributed by atoms with Crippen molar-refractivity contribution in [2.24, 2.45) is 0 Å². The first-order valence-electron chi connectivity index (χ1n) is 2.07. The highest BCUT2D eigenvalue weighted by Gasteiger charge is 2.29. The highest BCUT2D eigenvalue weighted by atomic mass is 35.5. The maximum absolute atomic E-state index is 10.3. The van der Waals surface area contributed by atoms with Crippen LogP contribution < -0.4 is 0 Å². The normalized spacial score (nSPS) is 27.0. The first-order chi connectivity index (χ1) is 4.13. The molecule has 0 aromatic rings. The van der Waals surface area contributed by atoms with Crippen LogP contribution >= 0.6 is 23.2 Å². The molecular weight excluding hydrogens is 167 g/mol. The van der Waals surface area contributed by atoms with Crippen LogP contribution in [0.1, 0.15) is 0 Å². The fourth-order valence-corrected chi connectivity index (χ4v) is 0.670. The van der Waals surface area contributed by atoms with E-state index in [-0.39, 0.29) is 10.1 Å². The average molecular weight is 169 g/mol. The Balaban J connectivity index is 2.92. The molecule has 1 heterocycles. The molecule has 5 heteroatoms. The van der Waals surface area contributed by atoms with Crippen LogP contribution in [0.5, 0.6) is 0 Å². The van der Waals surface area contributed by atoms with Crippen molar-refractivity contribution in [3.05, 3.63) is 10.1 Å². The third-order valence-electron chi connectivity index (χ3n) is 0.824. The van der Waals surface area contributed by atoms with Crippen LogP contribution in [-0.4, -0.2) is 17.4 Å². The van der Waals surface area contributed by atoms with Gasteiger partial charge in [-0.2, -0.15) is 0 Å². The Hall–Kier alpha value is -0.250. The van der Waals surface area contributed by atoms with E-state index in [2.05, 4.69) is 4.74 Å². The van der Waals surface area contributed by atoms with Crippen LogP contribution in [-0.2, 0) is 9.53 Å². The number of hydrogen-bond donors (Lipinski definition) is 1. The number of cyclic esters (lactones) is 1. The van der Waals surface area contributed by atoms with Gasteiger partial charge in [0.05, 0.1) is 0 Å². The monoisotopic (exact) mass is 168 g/mol. The standard InChI is InChI=1S/C4H2Cl2O3/c5-1-2(6)4(8)9-3(1)7/h3,7H/t3-/m1/s1. The van der Waals surface area contributed by atoms with Crippen molar-refractivity contribution in [1.29, 1.82) is 0 Å². The van der Waals surface area contributed by atoms with E-state index >= 15 is 0 Å². The Kier molecular flexibility index (Phi) is 1.66. The number of hydrogen-bond acceptors (Lipinski definition) is 3. The largest absolute Gasteiger partial charge is 0.426 e. The van der Waals surface area contributed by atoms with Crippen LogP contribution in [0.25, 0.3) is 0 Å². The molecule has 0 aromatic carbocycles. The van der Waals surface area contributed by atoms with Crippen LogP contribution in [0.3, 0.4) is 0 Å². The van der Waals surface area contributed by atoms with Crippen LogP contribution in [0, 0.1) is 0 Å². The van der Waals surface area contributed by atoms with Gasteiger partial charge in [-0.15, -0.1) is 0 Å². The summed E-state index contributed by atoms with van der Waals surface area (Å²) in [6.07, 6.45) is -1.37. The highest BCUT2D eigenvalue weighted by Crippen LogP contribution is 2.26. The molecule has 0 fully saturated rings. The van der Waals surface area contributed by atoms with Crippen molar-refractivity contribution < 1.29 is 14.6 Å². The summed E-state index contributed by atoms with van der Waals surface area (Å²) in [5.74, 6) is -0.783. The Bertz CT molecular complexity index is 186. The van der Waals surface area contributed by atoms with Gasteiger partial charge in [-0.1, -0.05) is 23.2 Å². The second-order valence-electron chi connectivity index (χ2n) is 1.42. The molecule has 1 rings (SSSR count). The highest BCUT2D eigenvalue weighted by molar-refractivity contribution is 6.48.